The number of rotatable bonds is 5. The molecule has 5 nitrogen and oxygen atoms in total. The minimum atomic E-state index is -0.570. The van der Waals surface area contributed by atoms with Gasteiger partial charge in [0.15, 0.2) is 0 Å². The van der Waals surface area contributed by atoms with Crippen LogP contribution in [0.25, 0.3) is 11.1 Å². The van der Waals surface area contributed by atoms with E-state index in [1.807, 2.05) is 6.92 Å². The molecule has 1 aliphatic heterocycles. The third-order valence-corrected chi connectivity index (χ3v) is 5.45. The standard InChI is InChI=1S/C22H19ClF2N4O/c1-3-29-11-17-14(22(29)30)5-7-27-21(17)28-12(2)15-9-19(25)16(10-18(15)24)13-4-6-26-20(23)8-13/h4-10,12H,3,11H2,1-2H3,(H,27,28). The van der Waals surface area contributed by atoms with Crippen molar-refractivity contribution in [3.8, 4) is 11.1 Å². The fraction of sp³-hybridized carbons (Fsp3) is 0.227. The number of carbonyl (C=O) groups excluding carboxylic acids is 1. The average molecular weight is 429 g/mol. The van der Waals surface area contributed by atoms with Crippen molar-refractivity contribution in [3.05, 3.63) is 76.2 Å². The molecule has 154 valence electrons. The number of halogens is 3. The average Bonchev–Trinajstić information content (AvgIpc) is 3.06. The molecule has 8 heteroatoms. The van der Waals surface area contributed by atoms with Gasteiger partial charge in [0.2, 0.25) is 0 Å². The highest BCUT2D eigenvalue weighted by Gasteiger charge is 2.29. The maximum absolute atomic E-state index is 14.9. The van der Waals surface area contributed by atoms with Crippen LogP contribution in [0.5, 0.6) is 0 Å². The number of amides is 1. The molecule has 1 amide bonds. The van der Waals surface area contributed by atoms with Crippen LogP contribution in [0, 0.1) is 11.6 Å². The Bertz CT molecular complexity index is 1140. The minimum absolute atomic E-state index is 0.0526. The van der Waals surface area contributed by atoms with E-state index in [-0.39, 0.29) is 22.2 Å². The van der Waals surface area contributed by atoms with Crippen LogP contribution in [-0.2, 0) is 6.54 Å². The lowest BCUT2D eigenvalue weighted by atomic mass is 10.00. The predicted molar refractivity (Wildman–Crippen MR) is 111 cm³/mol. The van der Waals surface area contributed by atoms with Gasteiger partial charge in [0, 0.05) is 41.2 Å². The summed E-state index contributed by atoms with van der Waals surface area (Å²) in [5.41, 5.74) is 2.06. The van der Waals surface area contributed by atoms with E-state index < -0.39 is 17.7 Å². The number of nitrogens with zero attached hydrogens (tertiary/aromatic N) is 3. The Kier molecular flexibility index (Phi) is 5.39. The first-order valence-corrected chi connectivity index (χ1v) is 9.91. The molecule has 30 heavy (non-hydrogen) atoms. The second-order valence-corrected chi connectivity index (χ2v) is 7.48. The molecule has 1 atom stereocenters. The SMILES string of the molecule is CCN1Cc2c(ccnc2NC(C)c2cc(F)c(-c3ccnc(Cl)c3)cc2F)C1=O. The van der Waals surface area contributed by atoms with Crippen LogP contribution >= 0.6 is 11.6 Å². The van der Waals surface area contributed by atoms with Crippen molar-refractivity contribution in [2.24, 2.45) is 0 Å². The number of nitrogens with one attached hydrogen (secondary N) is 1. The van der Waals surface area contributed by atoms with Crippen LogP contribution in [0.15, 0.2) is 42.7 Å². The smallest absolute Gasteiger partial charge is 0.254 e. The summed E-state index contributed by atoms with van der Waals surface area (Å²) in [5.74, 6) is -0.684. The molecule has 0 bridgehead atoms. The Labute approximate surface area is 177 Å². The molecule has 0 saturated carbocycles. The van der Waals surface area contributed by atoms with Crippen LogP contribution in [0.2, 0.25) is 5.15 Å². The van der Waals surface area contributed by atoms with Gasteiger partial charge < -0.3 is 10.2 Å². The van der Waals surface area contributed by atoms with E-state index in [4.69, 9.17) is 11.6 Å². The van der Waals surface area contributed by atoms with Gasteiger partial charge in [-0.3, -0.25) is 4.79 Å². The molecule has 4 rings (SSSR count). The summed E-state index contributed by atoms with van der Waals surface area (Å²) in [6.45, 7) is 4.65. The van der Waals surface area contributed by atoms with Gasteiger partial charge in [0.1, 0.15) is 22.6 Å². The van der Waals surface area contributed by atoms with E-state index in [0.29, 0.717) is 30.0 Å². The van der Waals surface area contributed by atoms with Gasteiger partial charge in [-0.2, -0.15) is 0 Å². The number of carbonyl (C=O) groups is 1. The minimum Gasteiger partial charge on any atom is -0.363 e. The van der Waals surface area contributed by atoms with Crippen molar-refractivity contribution in [1.29, 1.82) is 0 Å². The first kappa shape index (κ1) is 20.2. The number of anilines is 1. The lowest BCUT2D eigenvalue weighted by molar-refractivity contribution is 0.0787. The van der Waals surface area contributed by atoms with E-state index in [2.05, 4.69) is 15.3 Å². The summed E-state index contributed by atoms with van der Waals surface area (Å²) < 4.78 is 29.7. The van der Waals surface area contributed by atoms with Crippen LogP contribution < -0.4 is 5.32 Å². The summed E-state index contributed by atoms with van der Waals surface area (Å²) in [5, 5.41) is 3.33. The topological polar surface area (TPSA) is 58.1 Å². The third-order valence-electron chi connectivity index (χ3n) is 5.25. The Balaban J connectivity index is 1.64. The van der Waals surface area contributed by atoms with Crippen molar-refractivity contribution in [2.45, 2.75) is 26.4 Å². The Morgan fingerprint density at radius 3 is 2.63 bits per heavy atom. The molecule has 1 aromatic carbocycles. The summed E-state index contributed by atoms with van der Waals surface area (Å²) in [4.78, 5) is 22.3. The van der Waals surface area contributed by atoms with Crippen LogP contribution in [0.1, 0.15) is 41.4 Å². The van der Waals surface area contributed by atoms with Gasteiger partial charge in [-0.05, 0) is 49.7 Å². The zero-order chi connectivity index (χ0) is 21.4. The first-order valence-electron chi connectivity index (χ1n) is 9.53. The van der Waals surface area contributed by atoms with E-state index in [0.717, 1.165) is 11.6 Å². The van der Waals surface area contributed by atoms with E-state index in [9.17, 15) is 13.6 Å². The summed E-state index contributed by atoms with van der Waals surface area (Å²) in [7, 11) is 0. The summed E-state index contributed by atoms with van der Waals surface area (Å²) in [6.07, 6.45) is 2.98. The highest BCUT2D eigenvalue weighted by atomic mass is 35.5. The maximum atomic E-state index is 14.9. The normalized spacial score (nSPS) is 14.0. The van der Waals surface area contributed by atoms with Crippen molar-refractivity contribution in [2.75, 3.05) is 11.9 Å². The van der Waals surface area contributed by atoms with Crippen molar-refractivity contribution < 1.29 is 13.6 Å². The van der Waals surface area contributed by atoms with Crippen molar-refractivity contribution in [3.63, 3.8) is 0 Å². The Morgan fingerprint density at radius 1 is 1.13 bits per heavy atom. The number of hydrogen-bond acceptors (Lipinski definition) is 4. The lowest BCUT2D eigenvalue weighted by Gasteiger charge is -2.19. The van der Waals surface area contributed by atoms with Crippen LogP contribution in [-0.4, -0.2) is 27.3 Å². The predicted octanol–water partition coefficient (Wildman–Crippen LogP) is 5.22. The maximum Gasteiger partial charge on any atom is 0.254 e. The quantitative estimate of drug-likeness (QED) is 0.566. The first-order chi connectivity index (χ1) is 14.4. The van der Waals surface area contributed by atoms with Gasteiger partial charge in [0.05, 0.1) is 12.6 Å². The Hall–Kier alpha value is -3.06. The van der Waals surface area contributed by atoms with Crippen molar-refractivity contribution >= 4 is 23.3 Å². The molecule has 3 aromatic rings. The number of benzene rings is 1. The van der Waals surface area contributed by atoms with Gasteiger partial charge in [0.25, 0.3) is 5.91 Å². The fourth-order valence-electron chi connectivity index (χ4n) is 3.63. The van der Waals surface area contributed by atoms with Gasteiger partial charge in [-0.15, -0.1) is 0 Å². The molecular weight excluding hydrogens is 410 g/mol. The number of fused-ring (bicyclic) bond motifs is 1. The van der Waals surface area contributed by atoms with E-state index in [1.54, 1.807) is 24.0 Å². The molecule has 0 aliphatic carbocycles. The molecular formula is C22H19ClF2N4O. The second kappa shape index (κ2) is 7.99. The van der Waals surface area contributed by atoms with Crippen LogP contribution in [0.4, 0.5) is 14.6 Å². The third kappa shape index (κ3) is 3.61. The number of hydrogen-bond donors (Lipinski definition) is 1. The van der Waals surface area contributed by atoms with Crippen molar-refractivity contribution in [1.82, 2.24) is 14.9 Å². The summed E-state index contributed by atoms with van der Waals surface area (Å²) >= 11 is 5.86. The molecule has 0 fully saturated rings. The Morgan fingerprint density at radius 2 is 1.90 bits per heavy atom. The zero-order valence-corrected chi connectivity index (χ0v) is 17.2. The number of aromatic nitrogens is 2. The fourth-order valence-corrected chi connectivity index (χ4v) is 3.81. The highest BCUT2D eigenvalue weighted by Crippen LogP contribution is 2.32. The molecule has 1 N–H and O–H groups in total. The largest absolute Gasteiger partial charge is 0.363 e. The monoisotopic (exact) mass is 428 g/mol. The van der Waals surface area contributed by atoms with Crippen LogP contribution in [0.3, 0.4) is 0 Å². The lowest BCUT2D eigenvalue weighted by Crippen LogP contribution is -2.22. The van der Waals surface area contributed by atoms with E-state index >= 15 is 0 Å². The van der Waals surface area contributed by atoms with Gasteiger partial charge >= 0.3 is 0 Å². The molecule has 0 radical (unpaired) electrons. The molecule has 2 aromatic heterocycles. The molecule has 3 heterocycles. The second-order valence-electron chi connectivity index (χ2n) is 7.09. The molecule has 0 spiro atoms. The number of pyridine rings is 2. The summed E-state index contributed by atoms with van der Waals surface area (Å²) in [6, 6.07) is 6.48. The van der Waals surface area contributed by atoms with Gasteiger partial charge in [-0.25, -0.2) is 18.7 Å². The highest BCUT2D eigenvalue weighted by molar-refractivity contribution is 6.29. The molecule has 1 aliphatic rings. The van der Waals surface area contributed by atoms with E-state index in [1.165, 1.54) is 24.5 Å². The molecule has 0 saturated heterocycles. The zero-order valence-electron chi connectivity index (χ0n) is 16.4. The van der Waals surface area contributed by atoms with Gasteiger partial charge in [-0.1, -0.05) is 11.6 Å². The molecule has 1 unspecified atom stereocenters.